The number of anilines is 1. The van der Waals surface area contributed by atoms with Gasteiger partial charge in [0, 0.05) is 13.1 Å². The van der Waals surface area contributed by atoms with Crippen molar-refractivity contribution in [1.29, 1.82) is 0 Å². The number of nitrogens with one attached hydrogen (secondary N) is 1. The topological polar surface area (TPSA) is 95.0 Å². The lowest BCUT2D eigenvalue weighted by atomic mass is 9.98. The SMILES string of the molecule is O=C(O)[C@H]1CCCN(c2nc(Cl)nc3nc[nH]c23)C1. The zero-order chi connectivity index (χ0) is 13.4. The molecule has 19 heavy (non-hydrogen) atoms. The summed E-state index contributed by atoms with van der Waals surface area (Å²) in [6.45, 7) is 1.18. The third-order valence-corrected chi connectivity index (χ3v) is 3.48. The summed E-state index contributed by atoms with van der Waals surface area (Å²) in [6.07, 6.45) is 3.03. The van der Waals surface area contributed by atoms with Crippen LogP contribution in [0.2, 0.25) is 5.28 Å². The lowest BCUT2D eigenvalue weighted by Crippen LogP contribution is -2.39. The van der Waals surface area contributed by atoms with Crippen LogP contribution in [0.3, 0.4) is 0 Å². The van der Waals surface area contributed by atoms with Gasteiger partial charge in [0.05, 0.1) is 12.2 Å². The maximum Gasteiger partial charge on any atom is 0.308 e. The van der Waals surface area contributed by atoms with Crippen LogP contribution in [0.1, 0.15) is 12.8 Å². The van der Waals surface area contributed by atoms with E-state index >= 15 is 0 Å². The van der Waals surface area contributed by atoms with E-state index in [-0.39, 0.29) is 11.2 Å². The van der Waals surface area contributed by atoms with Gasteiger partial charge in [0.25, 0.3) is 0 Å². The summed E-state index contributed by atoms with van der Waals surface area (Å²) in [7, 11) is 0. The van der Waals surface area contributed by atoms with E-state index in [4.69, 9.17) is 16.7 Å². The van der Waals surface area contributed by atoms with Gasteiger partial charge < -0.3 is 15.0 Å². The second-order valence-corrected chi connectivity index (χ2v) is 4.88. The molecule has 2 aromatic rings. The molecule has 0 saturated carbocycles. The zero-order valence-corrected chi connectivity index (χ0v) is 10.8. The molecule has 2 aromatic heterocycles. The number of carboxylic acids is 1. The lowest BCUT2D eigenvalue weighted by Gasteiger charge is -2.31. The Morgan fingerprint density at radius 2 is 2.37 bits per heavy atom. The van der Waals surface area contributed by atoms with Crippen molar-refractivity contribution < 1.29 is 9.90 Å². The first-order chi connectivity index (χ1) is 9.15. The number of aromatic nitrogens is 4. The number of hydrogen-bond donors (Lipinski definition) is 2. The number of H-pyrrole nitrogens is 1. The third-order valence-electron chi connectivity index (χ3n) is 3.31. The molecule has 0 radical (unpaired) electrons. The highest BCUT2D eigenvalue weighted by molar-refractivity contribution is 6.28. The van der Waals surface area contributed by atoms with E-state index < -0.39 is 5.97 Å². The highest BCUT2D eigenvalue weighted by Gasteiger charge is 2.27. The molecule has 0 bridgehead atoms. The van der Waals surface area contributed by atoms with Gasteiger partial charge in [0.1, 0.15) is 5.52 Å². The summed E-state index contributed by atoms with van der Waals surface area (Å²) in [5, 5.41) is 9.24. The molecule has 1 aliphatic heterocycles. The number of imidazole rings is 1. The molecule has 100 valence electrons. The van der Waals surface area contributed by atoms with E-state index in [9.17, 15) is 4.79 Å². The fraction of sp³-hybridized carbons (Fsp3) is 0.455. The summed E-state index contributed by atoms with van der Waals surface area (Å²) in [5.41, 5.74) is 1.18. The molecule has 0 aliphatic carbocycles. The van der Waals surface area contributed by atoms with Gasteiger partial charge in [-0.2, -0.15) is 9.97 Å². The Hall–Kier alpha value is -1.89. The molecule has 7 nitrogen and oxygen atoms in total. The number of carbonyl (C=O) groups is 1. The Kier molecular flexibility index (Phi) is 2.98. The van der Waals surface area contributed by atoms with Crippen LogP contribution >= 0.6 is 11.6 Å². The van der Waals surface area contributed by atoms with E-state index in [1.807, 2.05) is 4.90 Å². The highest BCUT2D eigenvalue weighted by atomic mass is 35.5. The summed E-state index contributed by atoms with van der Waals surface area (Å²) in [6, 6.07) is 0. The molecule has 1 aliphatic rings. The molecule has 8 heteroatoms. The predicted octanol–water partition coefficient (Wildman–Crippen LogP) is 1.31. The molecule has 0 unspecified atom stereocenters. The molecular weight excluding hydrogens is 270 g/mol. The quantitative estimate of drug-likeness (QED) is 0.806. The number of piperidine rings is 1. The molecular formula is C11H12ClN5O2. The van der Waals surface area contributed by atoms with Crippen LogP contribution in [-0.4, -0.2) is 44.1 Å². The smallest absolute Gasteiger partial charge is 0.308 e. The first-order valence-electron chi connectivity index (χ1n) is 5.99. The average Bonchev–Trinajstić information content (AvgIpc) is 2.85. The van der Waals surface area contributed by atoms with Gasteiger partial charge >= 0.3 is 5.97 Å². The first kappa shape index (κ1) is 12.2. The molecule has 2 N–H and O–H groups in total. The average molecular weight is 282 g/mol. The summed E-state index contributed by atoms with van der Waals surface area (Å²) in [4.78, 5) is 28.3. The molecule has 1 atom stereocenters. The van der Waals surface area contributed by atoms with Gasteiger partial charge in [-0.1, -0.05) is 0 Å². The van der Waals surface area contributed by atoms with E-state index in [1.165, 1.54) is 6.33 Å². The minimum absolute atomic E-state index is 0.118. The number of aliphatic carboxylic acids is 1. The van der Waals surface area contributed by atoms with Crippen LogP contribution in [0.4, 0.5) is 5.82 Å². The Labute approximate surface area is 113 Å². The van der Waals surface area contributed by atoms with Crippen molar-refractivity contribution in [1.82, 2.24) is 19.9 Å². The van der Waals surface area contributed by atoms with Gasteiger partial charge in [0.15, 0.2) is 11.5 Å². The molecule has 0 amide bonds. The Morgan fingerprint density at radius 1 is 1.53 bits per heavy atom. The first-order valence-corrected chi connectivity index (χ1v) is 6.37. The van der Waals surface area contributed by atoms with Gasteiger partial charge in [-0.3, -0.25) is 4.79 Å². The van der Waals surface area contributed by atoms with Gasteiger partial charge in [0.2, 0.25) is 5.28 Å². The second-order valence-electron chi connectivity index (χ2n) is 4.54. The molecule has 1 fully saturated rings. The number of halogens is 1. The minimum atomic E-state index is -0.772. The van der Waals surface area contributed by atoms with Gasteiger partial charge in [-0.15, -0.1) is 0 Å². The van der Waals surface area contributed by atoms with E-state index in [2.05, 4.69) is 19.9 Å². The van der Waals surface area contributed by atoms with Gasteiger partial charge in [-0.25, -0.2) is 4.98 Å². The fourth-order valence-electron chi connectivity index (χ4n) is 2.39. The Morgan fingerprint density at radius 3 is 3.16 bits per heavy atom. The summed E-state index contributed by atoms with van der Waals surface area (Å²) in [5.74, 6) is -0.524. The highest BCUT2D eigenvalue weighted by Crippen LogP contribution is 2.27. The predicted molar refractivity (Wildman–Crippen MR) is 69.3 cm³/mol. The van der Waals surface area contributed by atoms with Crippen LogP contribution in [0.5, 0.6) is 0 Å². The Bertz CT molecular complexity index is 629. The van der Waals surface area contributed by atoms with E-state index in [1.54, 1.807) is 0 Å². The maximum absolute atomic E-state index is 11.1. The largest absolute Gasteiger partial charge is 0.481 e. The van der Waals surface area contributed by atoms with Crippen molar-refractivity contribution in [3.8, 4) is 0 Å². The van der Waals surface area contributed by atoms with Crippen LogP contribution in [-0.2, 0) is 4.79 Å². The molecule has 0 spiro atoms. The Balaban J connectivity index is 1.99. The number of aromatic amines is 1. The number of carboxylic acid groups (broad SMARTS) is 1. The van der Waals surface area contributed by atoms with Crippen molar-refractivity contribution in [3.05, 3.63) is 11.6 Å². The van der Waals surface area contributed by atoms with Crippen molar-refractivity contribution in [2.75, 3.05) is 18.0 Å². The lowest BCUT2D eigenvalue weighted by molar-refractivity contribution is -0.141. The molecule has 1 saturated heterocycles. The standard InChI is InChI=1S/C11H12ClN5O2/c12-11-15-8-7(13-5-14-8)9(16-11)17-3-1-2-6(4-17)10(18)19/h5-6H,1-4H2,(H,18,19)(H,13,14,15,16)/t6-/m0/s1. The van der Waals surface area contributed by atoms with Crippen LogP contribution in [0.25, 0.3) is 11.2 Å². The number of hydrogen-bond acceptors (Lipinski definition) is 5. The van der Waals surface area contributed by atoms with E-state index in [0.717, 1.165) is 13.0 Å². The number of rotatable bonds is 2. The van der Waals surface area contributed by atoms with Crippen molar-refractivity contribution in [2.45, 2.75) is 12.8 Å². The third kappa shape index (κ3) is 2.21. The monoisotopic (exact) mass is 281 g/mol. The van der Waals surface area contributed by atoms with Crippen LogP contribution in [0, 0.1) is 5.92 Å². The molecule has 3 rings (SSSR count). The second kappa shape index (κ2) is 4.65. The fourth-order valence-corrected chi connectivity index (χ4v) is 2.55. The number of nitrogens with zero attached hydrogens (tertiary/aromatic N) is 4. The summed E-state index contributed by atoms with van der Waals surface area (Å²) >= 11 is 5.88. The van der Waals surface area contributed by atoms with Crippen LogP contribution < -0.4 is 4.90 Å². The van der Waals surface area contributed by atoms with Crippen LogP contribution in [0.15, 0.2) is 6.33 Å². The maximum atomic E-state index is 11.1. The van der Waals surface area contributed by atoms with Gasteiger partial charge in [-0.05, 0) is 24.4 Å². The van der Waals surface area contributed by atoms with Crippen molar-refractivity contribution >= 4 is 34.6 Å². The normalized spacial score (nSPS) is 19.8. The summed E-state index contributed by atoms with van der Waals surface area (Å²) < 4.78 is 0. The zero-order valence-electron chi connectivity index (χ0n) is 10.0. The number of fused-ring (bicyclic) bond motifs is 1. The van der Waals surface area contributed by atoms with Crippen molar-refractivity contribution in [3.63, 3.8) is 0 Å². The molecule has 0 aromatic carbocycles. The molecule has 3 heterocycles. The van der Waals surface area contributed by atoms with E-state index in [0.29, 0.717) is 29.9 Å². The van der Waals surface area contributed by atoms with Crippen molar-refractivity contribution in [2.24, 2.45) is 5.92 Å². The minimum Gasteiger partial charge on any atom is -0.481 e.